The van der Waals surface area contributed by atoms with Gasteiger partial charge in [-0.2, -0.15) is 0 Å². The first-order chi connectivity index (χ1) is 12.6. The smallest absolute Gasteiger partial charge is 0.123 e. The van der Waals surface area contributed by atoms with Gasteiger partial charge < -0.3 is 0 Å². The number of aliphatic imine (C=N–C) groups is 1. The summed E-state index contributed by atoms with van der Waals surface area (Å²) in [7, 11) is 0. The van der Waals surface area contributed by atoms with Gasteiger partial charge in [0.05, 0.1) is 11.4 Å². The minimum Gasteiger partial charge on any atom is -0.248 e. The Balaban J connectivity index is 1.87. The van der Waals surface area contributed by atoms with Crippen molar-refractivity contribution in [2.45, 2.75) is 4.90 Å². The van der Waals surface area contributed by atoms with E-state index in [1.54, 1.807) is 12.1 Å². The zero-order chi connectivity index (χ0) is 18.4. The van der Waals surface area contributed by atoms with Crippen LogP contribution in [0.25, 0.3) is 0 Å². The first kappa shape index (κ1) is 18.9. The second-order valence-electron chi connectivity index (χ2n) is 5.35. The van der Waals surface area contributed by atoms with E-state index in [1.807, 2.05) is 60.0 Å². The highest BCUT2D eigenvalue weighted by Gasteiger charge is 2.02. The molecular formula is C21H14BrClFNS. The van der Waals surface area contributed by atoms with E-state index in [4.69, 9.17) is 16.6 Å². The van der Waals surface area contributed by atoms with Gasteiger partial charge in [0.25, 0.3) is 0 Å². The molecule has 0 aromatic heterocycles. The van der Waals surface area contributed by atoms with Crippen LogP contribution in [0.2, 0.25) is 5.02 Å². The van der Waals surface area contributed by atoms with Crippen molar-refractivity contribution in [3.63, 3.8) is 0 Å². The highest BCUT2D eigenvalue weighted by molar-refractivity contribution is 9.10. The number of thioether (sulfide) groups is 1. The average Bonchev–Trinajstić information content (AvgIpc) is 2.65. The molecule has 0 saturated heterocycles. The molecule has 0 fully saturated rings. The minimum absolute atomic E-state index is 0.239. The molecule has 0 aliphatic rings. The van der Waals surface area contributed by atoms with Crippen molar-refractivity contribution in [1.29, 1.82) is 0 Å². The van der Waals surface area contributed by atoms with Crippen molar-refractivity contribution < 1.29 is 4.39 Å². The van der Waals surface area contributed by atoms with Crippen LogP contribution in [-0.2, 0) is 0 Å². The molecule has 3 aromatic rings. The van der Waals surface area contributed by atoms with Crippen LogP contribution in [0.1, 0.15) is 5.56 Å². The van der Waals surface area contributed by atoms with Gasteiger partial charge in [0.2, 0.25) is 0 Å². The summed E-state index contributed by atoms with van der Waals surface area (Å²) in [6.07, 6.45) is 1.94. The summed E-state index contributed by atoms with van der Waals surface area (Å²) in [5, 5.41) is 2.63. The Kier molecular flexibility index (Phi) is 6.67. The lowest BCUT2D eigenvalue weighted by Crippen LogP contribution is -1.95. The number of halogens is 3. The molecule has 0 amide bonds. The van der Waals surface area contributed by atoms with Gasteiger partial charge in [0, 0.05) is 20.0 Å². The number of benzene rings is 3. The van der Waals surface area contributed by atoms with Crippen molar-refractivity contribution in [1.82, 2.24) is 0 Å². The fourth-order valence-electron chi connectivity index (χ4n) is 2.16. The van der Waals surface area contributed by atoms with E-state index in [0.717, 1.165) is 26.3 Å². The summed E-state index contributed by atoms with van der Waals surface area (Å²) >= 11 is 10.9. The predicted octanol–water partition coefficient (Wildman–Crippen LogP) is 7.67. The fourth-order valence-corrected chi connectivity index (χ4v) is 3.20. The van der Waals surface area contributed by atoms with Crippen molar-refractivity contribution >= 4 is 50.7 Å². The maximum absolute atomic E-state index is 13.0. The van der Waals surface area contributed by atoms with Gasteiger partial charge in [-0.15, -0.1) is 0 Å². The van der Waals surface area contributed by atoms with Gasteiger partial charge in [-0.3, -0.25) is 0 Å². The maximum atomic E-state index is 13.0. The molecule has 3 rings (SSSR count). The van der Waals surface area contributed by atoms with E-state index >= 15 is 0 Å². The molecule has 0 heterocycles. The number of hydrogen-bond acceptors (Lipinski definition) is 2. The maximum Gasteiger partial charge on any atom is 0.123 e. The van der Waals surface area contributed by atoms with Crippen LogP contribution in [-0.4, -0.2) is 5.71 Å². The van der Waals surface area contributed by atoms with Crippen molar-refractivity contribution in [3.05, 3.63) is 105 Å². The molecule has 0 atom stereocenters. The second kappa shape index (κ2) is 9.17. The van der Waals surface area contributed by atoms with Crippen molar-refractivity contribution in [3.8, 4) is 0 Å². The third kappa shape index (κ3) is 5.56. The molecule has 26 heavy (non-hydrogen) atoms. The molecular weight excluding hydrogens is 433 g/mol. The van der Waals surface area contributed by atoms with Crippen molar-refractivity contribution in [2.24, 2.45) is 4.99 Å². The zero-order valence-corrected chi connectivity index (χ0v) is 16.7. The molecule has 0 aliphatic heterocycles. The normalized spacial score (nSPS) is 11.9. The Morgan fingerprint density at radius 3 is 2.23 bits per heavy atom. The Morgan fingerprint density at radius 1 is 0.923 bits per heavy atom. The van der Waals surface area contributed by atoms with Crippen LogP contribution in [0.5, 0.6) is 0 Å². The zero-order valence-electron chi connectivity index (χ0n) is 13.6. The quantitative estimate of drug-likeness (QED) is 0.289. The van der Waals surface area contributed by atoms with Gasteiger partial charge in [0.1, 0.15) is 5.82 Å². The molecule has 0 spiro atoms. The van der Waals surface area contributed by atoms with E-state index in [2.05, 4.69) is 15.9 Å². The monoisotopic (exact) mass is 445 g/mol. The van der Waals surface area contributed by atoms with Crippen LogP contribution >= 0.6 is 39.3 Å². The molecule has 3 aromatic carbocycles. The van der Waals surface area contributed by atoms with Crippen molar-refractivity contribution in [2.75, 3.05) is 0 Å². The number of hydrogen-bond donors (Lipinski definition) is 0. The van der Waals surface area contributed by atoms with Gasteiger partial charge >= 0.3 is 0 Å². The van der Waals surface area contributed by atoms with E-state index < -0.39 is 0 Å². The summed E-state index contributed by atoms with van der Waals surface area (Å²) in [6.45, 7) is 0. The standard InChI is InChI=1S/C21H14BrClFNS/c22-16-3-9-19(10-4-16)25-21(15-1-5-17(23)6-2-15)13-14-26-20-11-7-18(24)8-12-20/h1-14H. The molecule has 1 nitrogen and oxygen atoms in total. The lowest BCUT2D eigenvalue weighted by molar-refractivity contribution is 0.626. The largest absolute Gasteiger partial charge is 0.248 e. The van der Waals surface area contributed by atoms with E-state index in [9.17, 15) is 4.39 Å². The van der Waals surface area contributed by atoms with Crippen LogP contribution in [0.4, 0.5) is 10.1 Å². The first-order valence-corrected chi connectivity index (χ1v) is 9.84. The summed E-state index contributed by atoms with van der Waals surface area (Å²) < 4.78 is 14.0. The van der Waals surface area contributed by atoms with Crippen LogP contribution in [0.3, 0.4) is 0 Å². The van der Waals surface area contributed by atoms with Gasteiger partial charge in [-0.05, 0) is 72.1 Å². The lowest BCUT2D eigenvalue weighted by Gasteiger charge is -2.04. The van der Waals surface area contributed by atoms with Crippen LogP contribution in [0, 0.1) is 5.82 Å². The Morgan fingerprint density at radius 2 is 1.58 bits per heavy atom. The van der Waals surface area contributed by atoms with Gasteiger partial charge in [0.15, 0.2) is 0 Å². The lowest BCUT2D eigenvalue weighted by atomic mass is 10.1. The van der Waals surface area contributed by atoms with Gasteiger partial charge in [-0.1, -0.05) is 51.4 Å². The van der Waals surface area contributed by atoms with E-state index in [-0.39, 0.29) is 5.82 Å². The van der Waals surface area contributed by atoms with E-state index in [0.29, 0.717) is 5.02 Å². The highest BCUT2D eigenvalue weighted by atomic mass is 79.9. The number of rotatable bonds is 5. The second-order valence-corrected chi connectivity index (χ2v) is 7.69. The first-order valence-electron chi connectivity index (χ1n) is 7.79. The molecule has 5 heteroatoms. The molecule has 130 valence electrons. The third-order valence-corrected chi connectivity index (χ3v) is 5.06. The predicted molar refractivity (Wildman–Crippen MR) is 113 cm³/mol. The van der Waals surface area contributed by atoms with Crippen LogP contribution in [0.15, 0.2) is 98.6 Å². The molecule has 0 N–H and O–H groups in total. The number of allylic oxidation sites excluding steroid dienone is 1. The third-order valence-electron chi connectivity index (χ3n) is 3.46. The highest BCUT2D eigenvalue weighted by Crippen LogP contribution is 2.22. The minimum atomic E-state index is -0.239. The van der Waals surface area contributed by atoms with E-state index in [1.165, 1.54) is 23.9 Å². The Hall–Kier alpha value is -1.88. The van der Waals surface area contributed by atoms with Gasteiger partial charge in [-0.25, -0.2) is 9.38 Å². The topological polar surface area (TPSA) is 12.4 Å². The molecule has 0 bridgehead atoms. The molecule has 0 unspecified atom stereocenters. The molecule has 0 aliphatic carbocycles. The summed E-state index contributed by atoms with van der Waals surface area (Å²) in [5.74, 6) is -0.239. The Labute approximate surface area is 169 Å². The fraction of sp³-hybridized carbons (Fsp3) is 0. The average molecular weight is 447 g/mol. The molecule has 0 saturated carbocycles. The molecule has 0 radical (unpaired) electrons. The Bertz CT molecular complexity index is 920. The summed E-state index contributed by atoms with van der Waals surface area (Å²) in [4.78, 5) is 5.70. The summed E-state index contributed by atoms with van der Waals surface area (Å²) in [6, 6.07) is 21.8. The number of nitrogens with zero attached hydrogens (tertiary/aromatic N) is 1. The summed E-state index contributed by atoms with van der Waals surface area (Å²) in [5.41, 5.74) is 2.64. The van der Waals surface area contributed by atoms with Crippen LogP contribution < -0.4 is 0 Å². The SMILES string of the molecule is Fc1ccc(SC=CC(=Nc2ccc(Br)cc2)c2ccc(Cl)cc2)cc1.